The quantitative estimate of drug-likeness (QED) is 0.228. The normalized spacial score (nSPS) is 41.6. The number of hydrogen-bond donors (Lipinski definition) is 0. The van der Waals surface area contributed by atoms with Gasteiger partial charge in [0.1, 0.15) is 12.2 Å². The molecule has 9 nitrogen and oxygen atoms in total. The molecule has 0 aliphatic heterocycles. The highest BCUT2D eigenvalue weighted by molar-refractivity contribution is 7.86. The first-order valence-corrected chi connectivity index (χ1v) is 16.7. The highest BCUT2D eigenvalue weighted by atomic mass is 32.2. The maximum atomic E-state index is 12.5. The molecule has 10 heteroatoms. The summed E-state index contributed by atoms with van der Waals surface area (Å²) in [6, 6.07) is 0. The summed E-state index contributed by atoms with van der Waals surface area (Å²) in [6.45, 7) is 9.66. The number of ether oxygens (including phenoxy) is 3. The van der Waals surface area contributed by atoms with Crippen LogP contribution in [0.25, 0.3) is 0 Å². The number of hydrogen-bond acceptors (Lipinski definition) is 9. The first-order valence-electron chi connectivity index (χ1n) is 14.9. The van der Waals surface area contributed by atoms with Crippen molar-refractivity contribution >= 4 is 28.0 Å². The minimum Gasteiger partial charge on any atom is -0.469 e. The predicted octanol–water partition coefficient (Wildman–Crippen LogP) is 4.66. The van der Waals surface area contributed by atoms with Gasteiger partial charge in [-0.05, 0) is 86.4 Å². The van der Waals surface area contributed by atoms with E-state index in [2.05, 4.69) is 20.8 Å². The second-order valence-corrected chi connectivity index (χ2v) is 15.1. The molecule has 0 unspecified atom stereocenters. The number of methoxy groups -OCH3 is 1. The largest absolute Gasteiger partial charge is 0.469 e. The molecule has 4 rings (SSSR count). The Hall–Kier alpha value is -1.68. The third kappa shape index (κ3) is 5.94. The zero-order valence-electron chi connectivity index (χ0n) is 25.1. The third-order valence-corrected chi connectivity index (χ3v) is 12.0. The second kappa shape index (κ2) is 11.5. The smallest absolute Gasteiger partial charge is 0.305 e. The molecule has 0 aromatic rings. The predicted molar refractivity (Wildman–Crippen MR) is 147 cm³/mol. The number of esters is 3. The van der Waals surface area contributed by atoms with E-state index < -0.39 is 10.1 Å². The van der Waals surface area contributed by atoms with Gasteiger partial charge in [-0.1, -0.05) is 20.8 Å². The van der Waals surface area contributed by atoms with Gasteiger partial charge in [0.15, 0.2) is 0 Å². The lowest BCUT2D eigenvalue weighted by Gasteiger charge is -2.64. The van der Waals surface area contributed by atoms with Gasteiger partial charge < -0.3 is 14.2 Å². The van der Waals surface area contributed by atoms with Crippen molar-refractivity contribution in [1.82, 2.24) is 0 Å². The molecular weight excluding hydrogens is 536 g/mol. The zero-order valence-corrected chi connectivity index (χ0v) is 26.0. The Kier molecular flexibility index (Phi) is 9.02. The van der Waals surface area contributed by atoms with Gasteiger partial charge in [0.2, 0.25) is 0 Å². The van der Waals surface area contributed by atoms with Crippen molar-refractivity contribution in [3.63, 3.8) is 0 Å². The lowest BCUT2D eigenvalue weighted by atomic mass is 9.43. The molecule has 11 atom stereocenters. The molecule has 40 heavy (non-hydrogen) atoms. The van der Waals surface area contributed by atoms with Crippen molar-refractivity contribution < 1.29 is 41.2 Å². The lowest BCUT2D eigenvalue weighted by molar-refractivity contribution is -0.222. The summed E-state index contributed by atoms with van der Waals surface area (Å²) < 4.78 is 46.4. The van der Waals surface area contributed by atoms with E-state index in [-0.39, 0.29) is 82.6 Å². The number of rotatable bonds is 8. The molecule has 0 aromatic carbocycles. The highest BCUT2D eigenvalue weighted by Gasteiger charge is 2.67. The molecular formula is C30H48O9S. The summed E-state index contributed by atoms with van der Waals surface area (Å²) >= 11 is 0. The highest BCUT2D eigenvalue weighted by Crippen LogP contribution is 2.69. The molecule has 4 saturated carbocycles. The summed E-state index contributed by atoms with van der Waals surface area (Å²) in [5.41, 5.74) is -0.437. The van der Waals surface area contributed by atoms with Gasteiger partial charge in [-0.25, -0.2) is 0 Å². The van der Waals surface area contributed by atoms with Gasteiger partial charge in [-0.2, -0.15) is 8.42 Å². The molecule has 0 heterocycles. The van der Waals surface area contributed by atoms with Gasteiger partial charge in [-0.3, -0.25) is 18.6 Å². The van der Waals surface area contributed by atoms with Crippen LogP contribution in [0.4, 0.5) is 0 Å². The van der Waals surface area contributed by atoms with Crippen LogP contribution in [-0.2, 0) is 42.9 Å². The van der Waals surface area contributed by atoms with E-state index >= 15 is 0 Å². The fraction of sp³-hybridized carbons (Fsp3) is 0.900. The maximum Gasteiger partial charge on any atom is 0.305 e. The van der Waals surface area contributed by atoms with E-state index in [0.717, 1.165) is 25.5 Å². The molecule has 228 valence electrons. The number of carbonyl (C=O) groups excluding carboxylic acids is 3. The van der Waals surface area contributed by atoms with Gasteiger partial charge in [0.05, 0.1) is 19.5 Å². The van der Waals surface area contributed by atoms with Gasteiger partial charge in [0.25, 0.3) is 10.1 Å². The molecule has 4 aliphatic rings. The number of fused-ring (bicyclic) bond motifs is 5. The van der Waals surface area contributed by atoms with Crippen LogP contribution in [0.1, 0.15) is 92.4 Å². The van der Waals surface area contributed by atoms with Crippen LogP contribution in [0.3, 0.4) is 0 Å². The first kappa shape index (κ1) is 31.3. The molecule has 4 aliphatic carbocycles. The number of carbonyl (C=O) groups is 3. The van der Waals surface area contributed by atoms with Crippen LogP contribution >= 0.6 is 0 Å². The Balaban J connectivity index is 1.70. The van der Waals surface area contributed by atoms with Crippen LogP contribution in [-0.4, -0.2) is 58.0 Å². The molecule has 4 fully saturated rings. The van der Waals surface area contributed by atoms with Crippen LogP contribution in [0.5, 0.6) is 0 Å². The Morgan fingerprint density at radius 2 is 1.62 bits per heavy atom. The Morgan fingerprint density at radius 1 is 0.950 bits per heavy atom. The lowest BCUT2D eigenvalue weighted by Crippen LogP contribution is -2.63. The average molecular weight is 585 g/mol. The molecule has 0 N–H and O–H groups in total. The van der Waals surface area contributed by atoms with Crippen LogP contribution < -0.4 is 0 Å². The minimum absolute atomic E-state index is 0.118. The van der Waals surface area contributed by atoms with Gasteiger partial charge in [0, 0.05) is 31.6 Å². The first-order chi connectivity index (χ1) is 18.6. The topological polar surface area (TPSA) is 122 Å². The molecule has 0 aromatic heterocycles. The summed E-state index contributed by atoms with van der Waals surface area (Å²) in [7, 11) is -2.17. The van der Waals surface area contributed by atoms with Gasteiger partial charge >= 0.3 is 17.9 Å². The summed E-state index contributed by atoms with van der Waals surface area (Å²) in [6.07, 6.45) is 6.50. The summed E-state index contributed by atoms with van der Waals surface area (Å²) in [5.74, 6) is 0.232. The van der Waals surface area contributed by atoms with E-state index in [0.29, 0.717) is 38.5 Å². The Bertz CT molecular complexity index is 1090. The molecule has 0 spiro atoms. The zero-order chi connectivity index (χ0) is 29.6. The van der Waals surface area contributed by atoms with Crippen molar-refractivity contribution in [3.8, 4) is 0 Å². The average Bonchev–Trinajstić information content (AvgIpc) is 3.20. The standard InChI is InChI=1S/C30H48O9S/c1-17(8-11-27(33)36-6)22-9-10-23-28-24(16-26(30(22,23)5)38-19(3)32)29(4)13-12-21(39-40(7,34)35)14-20(29)15-25(28)37-18(2)31/h17,20-26,28H,8-16H2,1-7H3/t17-,20+,21-,22-,23+,24+,25-,26+,28+,29+,30-/m1/s1. The van der Waals surface area contributed by atoms with Crippen LogP contribution in [0, 0.1) is 46.3 Å². The van der Waals surface area contributed by atoms with E-state index in [9.17, 15) is 22.8 Å². The molecule has 0 saturated heterocycles. The van der Waals surface area contributed by atoms with E-state index in [4.69, 9.17) is 18.4 Å². The fourth-order valence-electron chi connectivity index (χ4n) is 9.76. The van der Waals surface area contributed by atoms with Gasteiger partial charge in [-0.15, -0.1) is 0 Å². The van der Waals surface area contributed by atoms with Crippen molar-refractivity contribution in [2.45, 2.75) is 111 Å². The van der Waals surface area contributed by atoms with Crippen molar-refractivity contribution in [2.75, 3.05) is 13.4 Å². The molecule has 0 radical (unpaired) electrons. The van der Waals surface area contributed by atoms with Crippen molar-refractivity contribution in [3.05, 3.63) is 0 Å². The van der Waals surface area contributed by atoms with Crippen LogP contribution in [0.15, 0.2) is 0 Å². The van der Waals surface area contributed by atoms with E-state index in [1.54, 1.807) is 0 Å². The molecule has 0 bridgehead atoms. The third-order valence-electron chi connectivity index (χ3n) is 11.4. The van der Waals surface area contributed by atoms with E-state index in [1.807, 2.05) is 0 Å². The minimum atomic E-state index is -3.58. The van der Waals surface area contributed by atoms with Crippen molar-refractivity contribution in [2.24, 2.45) is 46.3 Å². The summed E-state index contributed by atoms with van der Waals surface area (Å²) in [5, 5.41) is 0. The Labute approximate surface area is 239 Å². The van der Waals surface area contributed by atoms with E-state index in [1.165, 1.54) is 21.0 Å². The second-order valence-electron chi connectivity index (χ2n) is 13.5. The Morgan fingerprint density at radius 3 is 2.23 bits per heavy atom. The maximum absolute atomic E-state index is 12.5. The summed E-state index contributed by atoms with van der Waals surface area (Å²) in [4.78, 5) is 36.7. The van der Waals surface area contributed by atoms with Crippen LogP contribution in [0.2, 0.25) is 0 Å². The van der Waals surface area contributed by atoms with Crippen molar-refractivity contribution in [1.29, 1.82) is 0 Å². The monoisotopic (exact) mass is 584 g/mol. The molecule has 0 amide bonds. The fourth-order valence-corrected chi connectivity index (χ4v) is 10.4. The SMILES string of the molecule is COC(=O)CC[C@@H](C)[C@H]1CC[C@H]2[C@@H]3[C@H](OC(C)=O)C[C@@H]4C[C@H](OS(C)(=O)=O)CC[C@]4(C)[C@H]3C[C@H](OC(C)=O)[C@]12C.